The first kappa shape index (κ1) is 16.3. The fourth-order valence-corrected chi connectivity index (χ4v) is 2.95. The van der Waals surface area contributed by atoms with Crippen molar-refractivity contribution in [1.82, 2.24) is 15.1 Å². The number of nitrogens with zero attached hydrogens (tertiary/aromatic N) is 2. The molecule has 24 heavy (non-hydrogen) atoms. The first-order chi connectivity index (χ1) is 11.7. The maximum atomic E-state index is 12.0. The number of carbonyl (C=O) groups excluding carboxylic acids is 1. The molecule has 0 radical (unpaired) electrons. The Balaban J connectivity index is 1.46. The molecule has 122 valence electrons. The van der Waals surface area contributed by atoms with Gasteiger partial charge in [-0.2, -0.15) is 5.10 Å². The lowest BCUT2D eigenvalue weighted by atomic mass is 10.2. The molecule has 1 heterocycles. The number of hydrogen-bond acceptors (Lipinski definition) is 3. The van der Waals surface area contributed by atoms with Gasteiger partial charge < -0.3 is 5.32 Å². The highest BCUT2D eigenvalue weighted by Crippen LogP contribution is 2.17. The van der Waals surface area contributed by atoms with E-state index in [1.165, 1.54) is 5.56 Å². The van der Waals surface area contributed by atoms with Crippen molar-refractivity contribution in [2.45, 2.75) is 18.4 Å². The summed E-state index contributed by atoms with van der Waals surface area (Å²) in [5.74, 6) is 0.464. The second-order valence-corrected chi connectivity index (χ2v) is 6.54. The van der Waals surface area contributed by atoms with Crippen LogP contribution in [0.1, 0.15) is 11.1 Å². The van der Waals surface area contributed by atoms with Gasteiger partial charge in [0.1, 0.15) is 0 Å². The predicted octanol–water partition coefficient (Wildman–Crippen LogP) is 3.59. The van der Waals surface area contributed by atoms with Gasteiger partial charge in [0.15, 0.2) is 0 Å². The first-order valence-corrected chi connectivity index (χ1v) is 8.74. The van der Waals surface area contributed by atoms with E-state index in [1.54, 1.807) is 22.6 Å². The Morgan fingerprint density at radius 1 is 1.12 bits per heavy atom. The van der Waals surface area contributed by atoms with E-state index < -0.39 is 0 Å². The summed E-state index contributed by atoms with van der Waals surface area (Å²) in [6.45, 7) is 2.59. The Morgan fingerprint density at radius 2 is 1.88 bits per heavy atom. The zero-order chi connectivity index (χ0) is 16.8. The van der Waals surface area contributed by atoms with Crippen LogP contribution in [0.25, 0.3) is 5.69 Å². The molecule has 0 atom stereocenters. The van der Waals surface area contributed by atoms with Crippen molar-refractivity contribution >= 4 is 17.7 Å². The number of amides is 1. The Hall–Kier alpha value is -2.53. The zero-order valence-electron chi connectivity index (χ0n) is 13.5. The molecule has 0 spiro atoms. The van der Waals surface area contributed by atoms with Crippen LogP contribution in [0.5, 0.6) is 0 Å². The van der Waals surface area contributed by atoms with E-state index in [1.807, 2.05) is 48.7 Å². The van der Waals surface area contributed by atoms with E-state index in [0.29, 0.717) is 12.3 Å². The van der Waals surface area contributed by atoms with Crippen molar-refractivity contribution in [2.75, 3.05) is 5.75 Å². The van der Waals surface area contributed by atoms with Gasteiger partial charge in [0, 0.05) is 23.8 Å². The summed E-state index contributed by atoms with van der Waals surface area (Å²) in [5, 5.41) is 7.15. The quantitative estimate of drug-likeness (QED) is 0.699. The molecule has 1 aromatic heterocycles. The highest BCUT2D eigenvalue weighted by molar-refractivity contribution is 8.00. The number of thioether (sulfide) groups is 1. The third-order valence-corrected chi connectivity index (χ3v) is 4.60. The van der Waals surface area contributed by atoms with Gasteiger partial charge in [-0.15, -0.1) is 11.8 Å². The molecular weight excluding hydrogens is 318 g/mol. The van der Waals surface area contributed by atoms with E-state index in [-0.39, 0.29) is 5.91 Å². The molecule has 0 aliphatic carbocycles. The number of benzene rings is 2. The van der Waals surface area contributed by atoms with Gasteiger partial charge >= 0.3 is 0 Å². The number of carbonyl (C=O) groups is 1. The van der Waals surface area contributed by atoms with E-state index in [0.717, 1.165) is 16.1 Å². The van der Waals surface area contributed by atoms with E-state index >= 15 is 0 Å². The minimum atomic E-state index is 0.0386. The Bertz CT molecular complexity index is 780. The topological polar surface area (TPSA) is 46.9 Å². The van der Waals surface area contributed by atoms with Crippen molar-refractivity contribution in [3.63, 3.8) is 0 Å². The van der Waals surface area contributed by atoms with Crippen molar-refractivity contribution in [3.8, 4) is 5.69 Å². The lowest BCUT2D eigenvalue weighted by Gasteiger charge is -2.07. The fourth-order valence-electron chi connectivity index (χ4n) is 2.22. The lowest BCUT2D eigenvalue weighted by molar-refractivity contribution is -0.118. The third kappa shape index (κ3) is 4.49. The van der Waals surface area contributed by atoms with E-state index in [9.17, 15) is 4.79 Å². The second-order valence-electron chi connectivity index (χ2n) is 5.50. The highest BCUT2D eigenvalue weighted by atomic mass is 32.2. The first-order valence-electron chi connectivity index (χ1n) is 7.76. The molecule has 0 aliphatic rings. The van der Waals surface area contributed by atoms with E-state index in [4.69, 9.17) is 0 Å². The molecular formula is C19H19N3OS. The Morgan fingerprint density at radius 3 is 2.54 bits per heavy atom. The highest BCUT2D eigenvalue weighted by Gasteiger charge is 2.03. The molecule has 5 heteroatoms. The van der Waals surface area contributed by atoms with Gasteiger partial charge in [0.25, 0.3) is 0 Å². The van der Waals surface area contributed by atoms with Crippen LogP contribution < -0.4 is 5.32 Å². The Kier molecular flexibility index (Phi) is 5.33. The number of aryl methyl sites for hydroxylation is 1. The molecule has 3 aromatic rings. The summed E-state index contributed by atoms with van der Waals surface area (Å²) in [4.78, 5) is 13.1. The molecule has 0 fully saturated rings. The maximum Gasteiger partial charge on any atom is 0.230 e. The molecule has 0 unspecified atom stereocenters. The minimum Gasteiger partial charge on any atom is -0.351 e. The van der Waals surface area contributed by atoms with Crippen molar-refractivity contribution in [1.29, 1.82) is 0 Å². The summed E-state index contributed by atoms with van der Waals surface area (Å²) in [6.07, 6.45) is 3.65. The molecule has 0 bridgehead atoms. The smallest absolute Gasteiger partial charge is 0.230 e. The van der Waals surface area contributed by atoms with Gasteiger partial charge in [-0.25, -0.2) is 4.68 Å². The van der Waals surface area contributed by atoms with Gasteiger partial charge in [-0.1, -0.05) is 29.8 Å². The van der Waals surface area contributed by atoms with Crippen LogP contribution >= 0.6 is 11.8 Å². The lowest BCUT2D eigenvalue weighted by Crippen LogP contribution is -2.24. The largest absolute Gasteiger partial charge is 0.351 e. The monoisotopic (exact) mass is 337 g/mol. The summed E-state index contributed by atoms with van der Waals surface area (Å²) in [7, 11) is 0. The number of rotatable bonds is 6. The van der Waals surface area contributed by atoms with Crippen molar-refractivity contribution in [3.05, 3.63) is 78.1 Å². The predicted molar refractivity (Wildman–Crippen MR) is 97.3 cm³/mol. The van der Waals surface area contributed by atoms with Crippen LogP contribution in [-0.4, -0.2) is 21.4 Å². The number of nitrogens with one attached hydrogen (secondary N) is 1. The summed E-state index contributed by atoms with van der Waals surface area (Å²) < 4.78 is 1.81. The summed E-state index contributed by atoms with van der Waals surface area (Å²) in [5.41, 5.74) is 3.30. The molecule has 2 aromatic carbocycles. The number of aromatic nitrogens is 2. The van der Waals surface area contributed by atoms with Crippen molar-refractivity contribution < 1.29 is 4.79 Å². The molecule has 0 saturated heterocycles. The van der Waals surface area contributed by atoms with E-state index in [2.05, 4.69) is 29.5 Å². The van der Waals surface area contributed by atoms with Gasteiger partial charge in [0.2, 0.25) is 5.91 Å². The minimum absolute atomic E-state index is 0.0386. The maximum absolute atomic E-state index is 12.0. The number of hydrogen-bond donors (Lipinski definition) is 1. The SMILES string of the molecule is Cc1ccc(SCC(=O)NCc2ccc(-n3cccn3)cc2)cc1. The molecule has 1 N–H and O–H groups in total. The van der Waals surface area contributed by atoms with Gasteiger partial charge in [0.05, 0.1) is 11.4 Å². The van der Waals surface area contributed by atoms with Crippen LogP contribution in [0.3, 0.4) is 0 Å². The molecule has 0 saturated carbocycles. The van der Waals surface area contributed by atoms with Crippen molar-refractivity contribution in [2.24, 2.45) is 0 Å². The molecule has 4 nitrogen and oxygen atoms in total. The van der Waals surface area contributed by atoms with Crippen LogP contribution in [0, 0.1) is 6.92 Å². The average Bonchev–Trinajstić information content (AvgIpc) is 3.14. The van der Waals surface area contributed by atoms with Crippen LogP contribution in [0.4, 0.5) is 0 Å². The normalized spacial score (nSPS) is 10.5. The molecule has 1 amide bonds. The van der Waals surface area contributed by atoms with Gasteiger partial charge in [-0.3, -0.25) is 4.79 Å². The van der Waals surface area contributed by atoms with Crippen LogP contribution in [-0.2, 0) is 11.3 Å². The average molecular weight is 337 g/mol. The fraction of sp³-hybridized carbons (Fsp3) is 0.158. The second kappa shape index (κ2) is 7.84. The molecule has 0 aliphatic heterocycles. The third-order valence-electron chi connectivity index (χ3n) is 3.59. The summed E-state index contributed by atoms with van der Waals surface area (Å²) in [6, 6.07) is 18.1. The standard InChI is InChI=1S/C19H19N3OS/c1-15-3-9-18(10-4-15)24-14-19(23)20-13-16-5-7-17(8-6-16)22-12-2-11-21-22/h2-12H,13-14H2,1H3,(H,20,23). The zero-order valence-corrected chi connectivity index (χ0v) is 14.3. The summed E-state index contributed by atoms with van der Waals surface area (Å²) >= 11 is 1.55. The van der Waals surface area contributed by atoms with Gasteiger partial charge in [-0.05, 0) is 42.8 Å². The van der Waals surface area contributed by atoms with Crippen LogP contribution in [0.2, 0.25) is 0 Å². The molecule has 3 rings (SSSR count). The Labute approximate surface area is 145 Å². The van der Waals surface area contributed by atoms with Crippen LogP contribution in [0.15, 0.2) is 71.9 Å².